The Balaban J connectivity index is 2.19. The van der Waals surface area contributed by atoms with E-state index in [1.54, 1.807) is 13.4 Å². The molecule has 0 bridgehead atoms. The first-order valence-corrected chi connectivity index (χ1v) is 6.31. The molecular formula is C13H20N4O. The molecular weight excluding hydrogens is 228 g/mol. The van der Waals surface area contributed by atoms with E-state index in [0.717, 1.165) is 30.9 Å². The number of hydrogen-bond donors (Lipinski definition) is 1. The third kappa shape index (κ3) is 2.44. The predicted octanol–water partition coefficient (Wildman–Crippen LogP) is 1.14. The van der Waals surface area contributed by atoms with Crippen LogP contribution in [-0.2, 0) is 4.79 Å². The zero-order valence-electron chi connectivity index (χ0n) is 11.2. The fourth-order valence-corrected chi connectivity index (χ4v) is 2.54. The van der Waals surface area contributed by atoms with Gasteiger partial charge in [0.05, 0.1) is 5.41 Å². The van der Waals surface area contributed by atoms with E-state index in [-0.39, 0.29) is 11.3 Å². The van der Waals surface area contributed by atoms with E-state index in [1.165, 1.54) is 0 Å². The SMILES string of the molecule is CNC(=O)[C@]1(C)CCCN(c2cc(C)ncn2)C1. The minimum absolute atomic E-state index is 0.109. The molecule has 1 aromatic rings. The van der Waals surface area contributed by atoms with Gasteiger partial charge in [0.25, 0.3) is 0 Å². The molecule has 0 radical (unpaired) electrons. The third-order valence-corrected chi connectivity index (χ3v) is 3.59. The van der Waals surface area contributed by atoms with Crippen molar-refractivity contribution < 1.29 is 4.79 Å². The highest BCUT2D eigenvalue weighted by Gasteiger charge is 2.37. The van der Waals surface area contributed by atoms with Gasteiger partial charge in [0.15, 0.2) is 0 Å². The molecule has 98 valence electrons. The molecule has 0 spiro atoms. The van der Waals surface area contributed by atoms with Gasteiger partial charge in [-0.05, 0) is 26.7 Å². The van der Waals surface area contributed by atoms with Gasteiger partial charge in [-0.1, -0.05) is 0 Å². The van der Waals surface area contributed by atoms with Crippen LogP contribution in [0.3, 0.4) is 0 Å². The second-order valence-electron chi connectivity index (χ2n) is 5.18. The van der Waals surface area contributed by atoms with Crippen LogP contribution in [0.2, 0.25) is 0 Å². The lowest BCUT2D eigenvalue weighted by atomic mass is 9.81. The molecule has 1 aliphatic heterocycles. The smallest absolute Gasteiger partial charge is 0.227 e. The minimum atomic E-state index is -0.328. The largest absolute Gasteiger partial charge is 0.359 e. The normalized spacial score (nSPS) is 23.8. The van der Waals surface area contributed by atoms with E-state index in [1.807, 2.05) is 19.9 Å². The van der Waals surface area contributed by atoms with Gasteiger partial charge in [0, 0.05) is 31.9 Å². The first kappa shape index (κ1) is 12.8. The standard InChI is InChI=1S/C13H20N4O/c1-10-7-11(16-9-15-10)17-6-4-5-13(2,8-17)12(18)14-3/h7,9H,4-6,8H2,1-3H3,(H,14,18)/t13-/m1/s1. The lowest BCUT2D eigenvalue weighted by Crippen LogP contribution is -2.50. The Morgan fingerprint density at radius 1 is 1.50 bits per heavy atom. The molecule has 5 nitrogen and oxygen atoms in total. The number of nitrogens with zero attached hydrogens (tertiary/aromatic N) is 3. The van der Waals surface area contributed by atoms with E-state index in [0.29, 0.717) is 6.54 Å². The van der Waals surface area contributed by atoms with Crippen molar-refractivity contribution in [1.82, 2.24) is 15.3 Å². The molecule has 1 saturated heterocycles. The minimum Gasteiger partial charge on any atom is -0.359 e. The van der Waals surface area contributed by atoms with E-state index in [9.17, 15) is 4.79 Å². The van der Waals surface area contributed by atoms with Gasteiger partial charge in [-0.15, -0.1) is 0 Å². The van der Waals surface area contributed by atoms with Gasteiger partial charge < -0.3 is 10.2 Å². The number of carbonyl (C=O) groups is 1. The van der Waals surface area contributed by atoms with Crippen molar-refractivity contribution in [2.45, 2.75) is 26.7 Å². The first-order valence-electron chi connectivity index (χ1n) is 6.31. The Morgan fingerprint density at radius 2 is 2.28 bits per heavy atom. The fraction of sp³-hybridized carbons (Fsp3) is 0.615. The average Bonchev–Trinajstić information content (AvgIpc) is 2.38. The van der Waals surface area contributed by atoms with Crippen molar-refractivity contribution in [3.05, 3.63) is 18.1 Å². The summed E-state index contributed by atoms with van der Waals surface area (Å²) in [7, 11) is 1.70. The molecule has 2 heterocycles. The van der Waals surface area contributed by atoms with Crippen LogP contribution < -0.4 is 10.2 Å². The van der Waals surface area contributed by atoms with Crippen LogP contribution in [0.5, 0.6) is 0 Å². The summed E-state index contributed by atoms with van der Waals surface area (Å²) < 4.78 is 0. The monoisotopic (exact) mass is 248 g/mol. The highest BCUT2D eigenvalue weighted by molar-refractivity contribution is 5.82. The Kier molecular flexibility index (Phi) is 3.50. The Bertz CT molecular complexity index is 448. The second kappa shape index (κ2) is 4.92. The van der Waals surface area contributed by atoms with Gasteiger partial charge in [0.1, 0.15) is 12.1 Å². The lowest BCUT2D eigenvalue weighted by molar-refractivity contribution is -0.130. The van der Waals surface area contributed by atoms with Crippen molar-refractivity contribution in [3.63, 3.8) is 0 Å². The Morgan fingerprint density at radius 3 is 2.94 bits per heavy atom. The van der Waals surface area contributed by atoms with Gasteiger partial charge >= 0.3 is 0 Å². The predicted molar refractivity (Wildman–Crippen MR) is 70.4 cm³/mol. The summed E-state index contributed by atoms with van der Waals surface area (Å²) >= 11 is 0. The molecule has 1 aromatic heterocycles. The zero-order valence-corrected chi connectivity index (χ0v) is 11.2. The van der Waals surface area contributed by atoms with Crippen LogP contribution in [0.15, 0.2) is 12.4 Å². The molecule has 0 aromatic carbocycles. The van der Waals surface area contributed by atoms with Crippen LogP contribution in [0.4, 0.5) is 5.82 Å². The van der Waals surface area contributed by atoms with Gasteiger partial charge in [0.2, 0.25) is 5.91 Å². The summed E-state index contributed by atoms with van der Waals surface area (Å²) in [6.45, 7) is 5.63. The second-order valence-corrected chi connectivity index (χ2v) is 5.18. The third-order valence-electron chi connectivity index (χ3n) is 3.59. The Hall–Kier alpha value is -1.65. The molecule has 0 unspecified atom stereocenters. The number of aromatic nitrogens is 2. The van der Waals surface area contributed by atoms with Gasteiger partial charge in [-0.25, -0.2) is 9.97 Å². The quantitative estimate of drug-likeness (QED) is 0.852. The molecule has 1 amide bonds. The summed E-state index contributed by atoms with van der Waals surface area (Å²) in [5, 5.41) is 2.76. The van der Waals surface area contributed by atoms with Gasteiger partial charge in [-0.3, -0.25) is 4.79 Å². The highest BCUT2D eigenvalue weighted by Crippen LogP contribution is 2.31. The summed E-state index contributed by atoms with van der Waals surface area (Å²) in [6.07, 6.45) is 3.51. The van der Waals surface area contributed by atoms with Crippen molar-refractivity contribution in [3.8, 4) is 0 Å². The van der Waals surface area contributed by atoms with Crippen LogP contribution in [0.1, 0.15) is 25.5 Å². The summed E-state index contributed by atoms with van der Waals surface area (Å²) in [4.78, 5) is 22.5. The summed E-state index contributed by atoms with van der Waals surface area (Å²) in [5.74, 6) is 1.02. The van der Waals surface area contributed by atoms with Crippen LogP contribution >= 0.6 is 0 Å². The molecule has 5 heteroatoms. The molecule has 1 atom stereocenters. The number of aryl methyl sites for hydroxylation is 1. The number of nitrogens with one attached hydrogen (secondary N) is 1. The molecule has 2 rings (SSSR count). The van der Waals surface area contributed by atoms with E-state index in [4.69, 9.17) is 0 Å². The summed E-state index contributed by atoms with van der Waals surface area (Å²) in [5.41, 5.74) is 0.624. The van der Waals surface area contributed by atoms with E-state index >= 15 is 0 Å². The van der Waals surface area contributed by atoms with Crippen LogP contribution in [-0.4, -0.2) is 36.0 Å². The zero-order chi connectivity index (χ0) is 13.2. The molecule has 18 heavy (non-hydrogen) atoms. The topological polar surface area (TPSA) is 58.1 Å². The molecule has 1 N–H and O–H groups in total. The number of amides is 1. The fourth-order valence-electron chi connectivity index (χ4n) is 2.54. The maximum absolute atomic E-state index is 12.0. The lowest BCUT2D eigenvalue weighted by Gasteiger charge is -2.39. The number of rotatable bonds is 2. The molecule has 1 aliphatic rings. The highest BCUT2D eigenvalue weighted by atomic mass is 16.2. The average molecular weight is 248 g/mol. The molecule has 0 saturated carbocycles. The first-order chi connectivity index (χ1) is 8.55. The number of anilines is 1. The van der Waals surface area contributed by atoms with Crippen LogP contribution in [0, 0.1) is 12.3 Å². The maximum Gasteiger partial charge on any atom is 0.227 e. The number of hydrogen-bond acceptors (Lipinski definition) is 4. The van der Waals surface area contributed by atoms with E-state index in [2.05, 4.69) is 20.2 Å². The van der Waals surface area contributed by atoms with E-state index < -0.39 is 0 Å². The van der Waals surface area contributed by atoms with Crippen molar-refractivity contribution in [2.24, 2.45) is 5.41 Å². The molecule has 1 fully saturated rings. The van der Waals surface area contributed by atoms with Crippen molar-refractivity contribution >= 4 is 11.7 Å². The summed E-state index contributed by atoms with van der Waals surface area (Å²) in [6, 6.07) is 1.97. The van der Waals surface area contributed by atoms with Crippen molar-refractivity contribution in [2.75, 3.05) is 25.0 Å². The molecule has 0 aliphatic carbocycles. The number of carbonyl (C=O) groups excluding carboxylic acids is 1. The van der Waals surface area contributed by atoms with Crippen molar-refractivity contribution in [1.29, 1.82) is 0 Å². The van der Waals surface area contributed by atoms with Crippen LogP contribution in [0.25, 0.3) is 0 Å². The Labute approximate surface area is 108 Å². The number of piperidine rings is 1. The van der Waals surface area contributed by atoms with Gasteiger partial charge in [-0.2, -0.15) is 0 Å². The maximum atomic E-state index is 12.0.